The van der Waals surface area contributed by atoms with Crippen molar-refractivity contribution in [2.24, 2.45) is 0 Å². The summed E-state index contributed by atoms with van der Waals surface area (Å²) in [5, 5.41) is 6.77. The van der Waals surface area contributed by atoms with Gasteiger partial charge in [-0.25, -0.2) is 8.78 Å². The number of aromatic nitrogens is 1. The highest BCUT2D eigenvalue weighted by Gasteiger charge is 2.26. The molecule has 1 aliphatic rings. The fourth-order valence-electron chi connectivity index (χ4n) is 3.92. The lowest BCUT2D eigenvalue weighted by Crippen LogP contribution is -2.46. The predicted molar refractivity (Wildman–Crippen MR) is 106 cm³/mol. The maximum Gasteiger partial charge on any atom is 0.254 e. The summed E-state index contributed by atoms with van der Waals surface area (Å²) in [6.45, 7) is 0. The highest BCUT2D eigenvalue weighted by atomic mass is 19.1. The fraction of sp³-hybridized carbons (Fsp3) is 0.273. The van der Waals surface area contributed by atoms with E-state index in [2.05, 4.69) is 15.6 Å². The summed E-state index contributed by atoms with van der Waals surface area (Å²) in [7, 11) is 0. The Morgan fingerprint density at radius 1 is 0.931 bits per heavy atom. The minimum atomic E-state index is -0.761. The van der Waals surface area contributed by atoms with Crippen LogP contribution in [-0.4, -0.2) is 28.9 Å². The molecule has 2 atom stereocenters. The van der Waals surface area contributed by atoms with Crippen molar-refractivity contribution in [1.29, 1.82) is 0 Å². The maximum absolute atomic E-state index is 13.8. The molecule has 5 nitrogen and oxygen atoms in total. The standard InChI is InChI=1S/C22H21F2N3O2/c23-14-7-8-19(24)18(11-14)22(29)27-16-5-2-4-15(12-16)26-21(28)17-6-1-3-13-9-10-25-20(13)17/h1,3,6-11,15-16,25H,2,4-5,12H2,(H,26,28)(H,27,29)/t15-,16-/m1/s1. The largest absolute Gasteiger partial charge is 0.361 e. The Morgan fingerprint density at radius 2 is 1.66 bits per heavy atom. The smallest absolute Gasteiger partial charge is 0.254 e. The zero-order valence-corrected chi connectivity index (χ0v) is 15.7. The molecule has 150 valence electrons. The first-order valence-corrected chi connectivity index (χ1v) is 9.64. The van der Waals surface area contributed by atoms with E-state index in [1.807, 2.05) is 18.2 Å². The van der Waals surface area contributed by atoms with Crippen LogP contribution >= 0.6 is 0 Å². The second-order valence-electron chi connectivity index (χ2n) is 7.38. The van der Waals surface area contributed by atoms with Crippen molar-refractivity contribution in [3.63, 3.8) is 0 Å². The maximum atomic E-state index is 13.8. The van der Waals surface area contributed by atoms with Crippen molar-refractivity contribution >= 4 is 22.7 Å². The molecule has 1 fully saturated rings. The molecule has 0 unspecified atom stereocenters. The van der Waals surface area contributed by atoms with Gasteiger partial charge in [0.15, 0.2) is 0 Å². The summed E-state index contributed by atoms with van der Waals surface area (Å²) in [4.78, 5) is 28.2. The Hall–Kier alpha value is -3.22. The van der Waals surface area contributed by atoms with Gasteiger partial charge in [0.1, 0.15) is 11.6 Å². The van der Waals surface area contributed by atoms with Gasteiger partial charge < -0.3 is 15.6 Å². The highest BCUT2D eigenvalue weighted by Crippen LogP contribution is 2.22. The van der Waals surface area contributed by atoms with Crippen LogP contribution in [0.25, 0.3) is 10.9 Å². The molecule has 1 heterocycles. The Kier molecular flexibility index (Phi) is 5.29. The third-order valence-electron chi connectivity index (χ3n) is 5.35. The van der Waals surface area contributed by atoms with Crippen LogP contribution in [0.2, 0.25) is 0 Å². The van der Waals surface area contributed by atoms with Gasteiger partial charge in [-0.2, -0.15) is 0 Å². The number of benzene rings is 2. The number of amides is 2. The van der Waals surface area contributed by atoms with E-state index in [0.717, 1.165) is 48.4 Å². The molecule has 3 N–H and O–H groups in total. The minimum absolute atomic E-state index is 0.107. The quantitative estimate of drug-likeness (QED) is 0.624. The zero-order valence-electron chi connectivity index (χ0n) is 15.7. The van der Waals surface area contributed by atoms with Crippen LogP contribution in [0.5, 0.6) is 0 Å². The molecule has 4 rings (SSSR count). The number of carbonyl (C=O) groups excluding carboxylic acids is 2. The number of aromatic amines is 1. The molecule has 0 saturated heterocycles. The average Bonchev–Trinajstić information content (AvgIpc) is 3.19. The molecule has 29 heavy (non-hydrogen) atoms. The lowest BCUT2D eigenvalue weighted by molar-refractivity contribution is 0.0901. The van der Waals surface area contributed by atoms with E-state index in [0.29, 0.717) is 12.0 Å². The number of fused-ring (bicyclic) bond motifs is 1. The molecule has 1 aromatic heterocycles. The summed E-state index contributed by atoms with van der Waals surface area (Å²) in [5.74, 6) is -2.24. The van der Waals surface area contributed by atoms with E-state index in [4.69, 9.17) is 0 Å². The number of hydrogen-bond acceptors (Lipinski definition) is 2. The number of para-hydroxylation sites is 1. The van der Waals surface area contributed by atoms with Crippen LogP contribution in [-0.2, 0) is 0 Å². The molecule has 0 aliphatic heterocycles. The van der Waals surface area contributed by atoms with Gasteiger partial charge in [0.2, 0.25) is 0 Å². The van der Waals surface area contributed by atoms with E-state index in [1.165, 1.54) is 0 Å². The minimum Gasteiger partial charge on any atom is -0.361 e. The number of hydrogen-bond donors (Lipinski definition) is 3. The first-order chi connectivity index (χ1) is 14.0. The predicted octanol–water partition coefficient (Wildman–Crippen LogP) is 3.92. The second-order valence-corrected chi connectivity index (χ2v) is 7.38. The van der Waals surface area contributed by atoms with Crippen molar-refractivity contribution in [2.75, 3.05) is 0 Å². The molecule has 7 heteroatoms. The Morgan fingerprint density at radius 3 is 2.41 bits per heavy atom. The summed E-state index contributed by atoms with van der Waals surface area (Å²) >= 11 is 0. The Bertz CT molecular complexity index is 1060. The van der Waals surface area contributed by atoms with Gasteiger partial charge in [0.05, 0.1) is 16.6 Å². The molecule has 0 radical (unpaired) electrons. The van der Waals surface area contributed by atoms with Gasteiger partial charge in [0, 0.05) is 23.7 Å². The van der Waals surface area contributed by atoms with Crippen LogP contribution in [0, 0.1) is 11.6 Å². The summed E-state index contributed by atoms with van der Waals surface area (Å²) in [6.07, 6.45) is 4.66. The SMILES string of the molecule is O=C(N[C@@H]1CCC[C@@H](NC(=O)c2cccc3cc[nH]c23)C1)c1cc(F)ccc1F. The number of nitrogens with one attached hydrogen (secondary N) is 3. The average molecular weight is 397 g/mol. The molecule has 2 aromatic carbocycles. The van der Waals surface area contributed by atoms with Gasteiger partial charge in [0.25, 0.3) is 11.8 Å². The number of H-pyrrole nitrogens is 1. The van der Waals surface area contributed by atoms with E-state index < -0.39 is 17.5 Å². The first kappa shape index (κ1) is 19.1. The zero-order chi connectivity index (χ0) is 20.4. The molecular weight excluding hydrogens is 376 g/mol. The lowest BCUT2D eigenvalue weighted by atomic mass is 9.90. The molecule has 0 spiro atoms. The molecule has 3 aromatic rings. The van der Waals surface area contributed by atoms with Gasteiger partial charge in [-0.05, 0) is 56.0 Å². The van der Waals surface area contributed by atoms with Gasteiger partial charge in [-0.1, -0.05) is 12.1 Å². The monoisotopic (exact) mass is 397 g/mol. The van der Waals surface area contributed by atoms with Gasteiger partial charge >= 0.3 is 0 Å². The van der Waals surface area contributed by atoms with Crippen molar-refractivity contribution in [1.82, 2.24) is 15.6 Å². The van der Waals surface area contributed by atoms with Crippen LogP contribution in [0.3, 0.4) is 0 Å². The molecule has 2 amide bonds. The topological polar surface area (TPSA) is 74.0 Å². The van der Waals surface area contributed by atoms with E-state index >= 15 is 0 Å². The van der Waals surface area contributed by atoms with Gasteiger partial charge in [-0.15, -0.1) is 0 Å². The van der Waals surface area contributed by atoms with Crippen LogP contribution in [0.1, 0.15) is 46.4 Å². The van der Waals surface area contributed by atoms with Gasteiger partial charge in [-0.3, -0.25) is 9.59 Å². The number of rotatable bonds is 4. The number of carbonyl (C=O) groups is 2. The molecule has 1 saturated carbocycles. The summed E-state index contributed by atoms with van der Waals surface area (Å²) in [5.41, 5.74) is 1.04. The van der Waals surface area contributed by atoms with Crippen molar-refractivity contribution < 1.29 is 18.4 Å². The molecular formula is C22H21F2N3O2. The summed E-state index contributed by atoms with van der Waals surface area (Å²) in [6, 6.07) is 9.92. The lowest BCUT2D eigenvalue weighted by Gasteiger charge is -2.30. The normalized spacial score (nSPS) is 19.1. The fourth-order valence-corrected chi connectivity index (χ4v) is 3.92. The van der Waals surface area contributed by atoms with Crippen LogP contribution in [0.4, 0.5) is 8.78 Å². The molecule has 0 bridgehead atoms. The van der Waals surface area contributed by atoms with E-state index in [1.54, 1.807) is 12.3 Å². The first-order valence-electron chi connectivity index (χ1n) is 9.64. The van der Waals surface area contributed by atoms with Crippen molar-refractivity contribution in [2.45, 2.75) is 37.8 Å². The Labute approximate surface area is 166 Å². The third-order valence-corrected chi connectivity index (χ3v) is 5.35. The van der Waals surface area contributed by atoms with Crippen LogP contribution < -0.4 is 10.6 Å². The van der Waals surface area contributed by atoms with Crippen molar-refractivity contribution in [3.8, 4) is 0 Å². The van der Waals surface area contributed by atoms with Crippen LogP contribution in [0.15, 0.2) is 48.7 Å². The molecule has 1 aliphatic carbocycles. The van der Waals surface area contributed by atoms with E-state index in [9.17, 15) is 18.4 Å². The summed E-state index contributed by atoms with van der Waals surface area (Å²) < 4.78 is 27.2. The Balaban J connectivity index is 1.41. The number of halogens is 2. The third kappa shape index (κ3) is 4.13. The second kappa shape index (κ2) is 8.03. The van der Waals surface area contributed by atoms with Crippen molar-refractivity contribution in [3.05, 3.63) is 71.4 Å². The van der Waals surface area contributed by atoms with E-state index in [-0.39, 0.29) is 23.6 Å². The highest BCUT2D eigenvalue weighted by molar-refractivity contribution is 6.05.